The Kier molecular flexibility index (Phi) is 10.3. The molecule has 282 valence electrons. The molecule has 0 saturated carbocycles. The average molecular weight is 770 g/mol. The normalized spacial score (nSPS) is 23.2. The molecule has 2 amide bonds. The van der Waals surface area contributed by atoms with E-state index in [4.69, 9.17) is 42.6 Å². The van der Waals surface area contributed by atoms with Crippen molar-refractivity contribution in [1.82, 2.24) is 30.4 Å². The van der Waals surface area contributed by atoms with E-state index in [-0.39, 0.29) is 22.6 Å². The van der Waals surface area contributed by atoms with Gasteiger partial charge in [-0.05, 0) is 50.9 Å². The van der Waals surface area contributed by atoms with E-state index in [0.29, 0.717) is 59.1 Å². The van der Waals surface area contributed by atoms with Crippen LogP contribution in [0.2, 0.25) is 10.0 Å². The topological polar surface area (TPSA) is 109 Å². The number of halogens is 2. The van der Waals surface area contributed by atoms with Crippen LogP contribution < -0.4 is 20.1 Å². The maximum absolute atomic E-state index is 12.0. The highest BCUT2D eigenvalue weighted by atomic mass is 35.5. The van der Waals surface area contributed by atoms with Crippen molar-refractivity contribution < 1.29 is 19.1 Å². The fourth-order valence-corrected chi connectivity index (χ4v) is 9.81. The van der Waals surface area contributed by atoms with Crippen LogP contribution in [-0.2, 0) is 22.7 Å². The van der Waals surface area contributed by atoms with Gasteiger partial charge >= 0.3 is 0 Å². The lowest BCUT2D eigenvalue weighted by molar-refractivity contribution is -0.120. The summed E-state index contributed by atoms with van der Waals surface area (Å²) in [4.78, 5) is 38.7. The Morgan fingerprint density at radius 3 is 1.46 bits per heavy atom. The molecule has 0 aliphatic carbocycles. The number of aromatic nitrogens is 2. The number of hydrogen-bond acceptors (Lipinski definition) is 8. The first-order chi connectivity index (χ1) is 26.2. The number of nitrogens with zero attached hydrogens (tertiary/aromatic N) is 4. The van der Waals surface area contributed by atoms with Crippen molar-refractivity contribution in [1.29, 1.82) is 0 Å². The number of carbonyl (C=O) groups excluding carboxylic acids is 2. The summed E-state index contributed by atoms with van der Waals surface area (Å²) < 4.78 is 11.6. The van der Waals surface area contributed by atoms with Gasteiger partial charge in [-0.3, -0.25) is 19.4 Å². The van der Waals surface area contributed by atoms with Crippen LogP contribution in [0.3, 0.4) is 0 Å². The number of piperidine rings is 2. The fourth-order valence-electron chi connectivity index (χ4n) is 9.16. The van der Waals surface area contributed by atoms with E-state index in [2.05, 4.69) is 32.6 Å². The van der Waals surface area contributed by atoms with Crippen molar-refractivity contribution in [3.05, 3.63) is 81.8 Å². The molecule has 2 aromatic heterocycles. The Hall–Kier alpha value is -4.22. The lowest BCUT2D eigenvalue weighted by Gasteiger charge is -2.39. The van der Waals surface area contributed by atoms with Crippen LogP contribution in [-0.4, -0.2) is 85.1 Å². The first-order valence-electron chi connectivity index (χ1n) is 18.8. The maximum Gasteiger partial charge on any atom is 0.220 e. The molecule has 4 fully saturated rings. The van der Waals surface area contributed by atoms with Gasteiger partial charge in [-0.15, -0.1) is 0 Å². The second-order valence-corrected chi connectivity index (χ2v) is 16.4. The fraction of sp³-hybridized carbons (Fsp3) is 0.429. The summed E-state index contributed by atoms with van der Waals surface area (Å²) in [6.45, 7) is 6.58. The summed E-state index contributed by atoms with van der Waals surface area (Å²) in [5.74, 6) is 1.42. The Bertz CT molecular complexity index is 1950. The lowest BCUT2D eigenvalue weighted by Crippen LogP contribution is -2.44. The first kappa shape index (κ1) is 36.7. The summed E-state index contributed by atoms with van der Waals surface area (Å²) in [5, 5.41) is 7.14. The minimum atomic E-state index is 0.0162. The van der Waals surface area contributed by atoms with Gasteiger partial charge in [-0.1, -0.05) is 71.7 Å². The molecule has 10 nitrogen and oxygen atoms in total. The molecular weight excluding hydrogens is 723 g/mol. The molecule has 0 radical (unpaired) electrons. The van der Waals surface area contributed by atoms with Gasteiger partial charge in [0.25, 0.3) is 0 Å². The van der Waals surface area contributed by atoms with Gasteiger partial charge in [0.15, 0.2) is 0 Å². The molecule has 0 bridgehead atoms. The molecule has 8 rings (SSSR count). The van der Waals surface area contributed by atoms with E-state index in [1.54, 1.807) is 14.2 Å². The minimum absolute atomic E-state index is 0.0162. The second-order valence-electron chi connectivity index (χ2n) is 15.6. The molecule has 4 aliphatic rings. The van der Waals surface area contributed by atoms with Gasteiger partial charge in [0.1, 0.15) is 0 Å². The van der Waals surface area contributed by atoms with E-state index >= 15 is 0 Å². The van der Waals surface area contributed by atoms with Crippen molar-refractivity contribution >= 4 is 35.0 Å². The summed E-state index contributed by atoms with van der Waals surface area (Å²) in [5.41, 5.74) is 6.54. The largest absolute Gasteiger partial charge is 0.481 e. The quantitative estimate of drug-likeness (QED) is 0.187. The van der Waals surface area contributed by atoms with Crippen molar-refractivity contribution in [2.24, 2.45) is 10.8 Å². The number of rotatable bonds is 9. The number of amides is 2. The average Bonchev–Trinajstić information content (AvgIpc) is 3.71. The number of nitrogens with one attached hydrogen (secondary N) is 2. The number of hydrogen-bond donors (Lipinski definition) is 2. The molecule has 2 aromatic carbocycles. The zero-order valence-corrected chi connectivity index (χ0v) is 32.4. The molecule has 12 heteroatoms. The predicted octanol–water partition coefficient (Wildman–Crippen LogP) is 7.01. The smallest absolute Gasteiger partial charge is 0.220 e. The number of ether oxygens (including phenoxy) is 2. The van der Waals surface area contributed by atoms with Crippen LogP contribution in [0.1, 0.15) is 49.7 Å². The maximum atomic E-state index is 12.0. The second kappa shape index (κ2) is 15.1. The standard InChI is InChI=1S/C42H46Cl2N6O4/c1-53-39-27(21-49-17-5-15-41(25-49)19-35(51)45-23-41)11-13-33(47-39)31-9-3-7-29(37(31)43)30-8-4-10-32(38(30)44)34-14-12-28(40(48-34)54-2)22-50-18-6-16-42(26-50)20-36(52)46-24-42/h3-4,7-14H,5-6,15-26H2,1-2H3,(H,45,51)(H,46,52). The van der Waals surface area contributed by atoms with E-state index in [9.17, 15) is 9.59 Å². The van der Waals surface area contributed by atoms with E-state index in [0.717, 1.165) is 98.3 Å². The third-order valence-electron chi connectivity index (χ3n) is 11.8. The molecule has 6 heterocycles. The van der Waals surface area contributed by atoms with E-state index < -0.39 is 0 Å². The lowest BCUT2D eigenvalue weighted by atomic mass is 9.79. The molecular formula is C42H46Cl2N6O4. The summed E-state index contributed by atoms with van der Waals surface area (Å²) in [6, 6.07) is 19.9. The number of pyridine rings is 2. The van der Waals surface area contributed by atoms with Crippen molar-refractivity contribution in [3.63, 3.8) is 0 Å². The van der Waals surface area contributed by atoms with Gasteiger partial charge in [-0.25, -0.2) is 9.97 Å². The van der Waals surface area contributed by atoms with Crippen LogP contribution in [0.5, 0.6) is 11.8 Å². The monoisotopic (exact) mass is 768 g/mol. The van der Waals surface area contributed by atoms with Crippen LogP contribution in [0, 0.1) is 10.8 Å². The Labute approximate surface area is 326 Å². The van der Waals surface area contributed by atoms with E-state index in [1.807, 2.05) is 48.5 Å². The highest BCUT2D eigenvalue weighted by Crippen LogP contribution is 2.43. The third kappa shape index (κ3) is 7.29. The predicted molar refractivity (Wildman–Crippen MR) is 211 cm³/mol. The SMILES string of the molecule is COc1nc(-c2cccc(-c3cccc(-c4ccc(CN5CCCC6(CNC(=O)C6)C5)c(OC)n4)c3Cl)c2Cl)ccc1CN1CCCC2(CNC(=O)C2)C1. The summed E-state index contributed by atoms with van der Waals surface area (Å²) in [7, 11) is 3.29. The van der Waals surface area contributed by atoms with Crippen LogP contribution in [0.4, 0.5) is 0 Å². The number of carbonyl (C=O) groups is 2. The summed E-state index contributed by atoms with van der Waals surface area (Å²) >= 11 is 14.4. The van der Waals surface area contributed by atoms with E-state index in [1.165, 1.54) is 0 Å². The van der Waals surface area contributed by atoms with Gasteiger partial charge in [0.05, 0.1) is 35.7 Å². The highest BCUT2D eigenvalue weighted by Gasteiger charge is 2.43. The number of likely N-dealkylation sites (tertiary alicyclic amines) is 2. The minimum Gasteiger partial charge on any atom is -0.481 e. The van der Waals surface area contributed by atoms with Gasteiger partial charge in [0, 0.05) is 96.3 Å². The summed E-state index contributed by atoms with van der Waals surface area (Å²) in [6.07, 6.45) is 5.45. The molecule has 4 saturated heterocycles. The molecule has 2 atom stereocenters. The van der Waals surface area contributed by atoms with Crippen LogP contribution in [0.15, 0.2) is 60.7 Å². The zero-order valence-electron chi connectivity index (χ0n) is 30.9. The van der Waals surface area contributed by atoms with Crippen molar-refractivity contribution in [2.75, 3.05) is 53.5 Å². The van der Waals surface area contributed by atoms with Crippen LogP contribution in [0.25, 0.3) is 33.6 Å². The van der Waals surface area contributed by atoms with Crippen molar-refractivity contribution in [2.45, 2.75) is 51.6 Å². The molecule has 4 aromatic rings. The Morgan fingerprint density at radius 2 is 1.07 bits per heavy atom. The van der Waals surface area contributed by atoms with Gasteiger partial charge in [0.2, 0.25) is 23.6 Å². The molecule has 2 spiro atoms. The highest BCUT2D eigenvalue weighted by molar-refractivity contribution is 6.39. The Morgan fingerprint density at radius 1 is 0.648 bits per heavy atom. The van der Waals surface area contributed by atoms with Gasteiger partial charge < -0.3 is 20.1 Å². The number of benzene rings is 2. The Balaban J connectivity index is 1.02. The number of methoxy groups -OCH3 is 2. The van der Waals surface area contributed by atoms with Gasteiger partial charge in [-0.2, -0.15) is 0 Å². The molecule has 4 aliphatic heterocycles. The molecule has 2 N–H and O–H groups in total. The first-order valence-corrected chi connectivity index (χ1v) is 19.6. The van der Waals surface area contributed by atoms with Crippen molar-refractivity contribution in [3.8, 4) is 45.4 Å². The molecule has 2 unspecified atom stereocenters. The third-order valence-corrected chi connectivity index (χ3v) is 12.6. The molecule has 54 heavy (non-hydrogen) atoms. The van der Waals surface area contributed by atoms with Crippen LogP contribution >= 0.6 is 23.2 Å². The zero-order chi connectivity index (χ0) is 37.5.